The normalized spacial score (nSPS) is 33.5. The van der Waals surface area contributed by atoms with Crippen LogP contribution in [0.4, 0.5) is 0 Å². The van der Waals surface area contributed by atoms with E-state index in [4.69, 9.17) is 4.74 Å². The predicted molar refractivity (Wildman–Crippen MR) is 92.4 cm³/mol. The van der Waals surface area contributed by atoms with Crippen molar-refractivity contribution in [3.05, 3.63) is 0 Å². The summed E-state index contributed by atoms with van der Waals surface area (Å²) < 4.78 is 5.00. The maximum absolute atomic E-state index is 12.4. The Hall–Kier alpha value is -1.10. The van der Waals surface area contributed by atoms with Gasteiger partial charge in [0.15, 0.2) is 0 Å². The topological polar surface area (TPSA) is 58.6 Å². The number of nitrogens with zero attached hydrogens (tertiary/aromatic N) is 1. The highest BCUT2D eigenvalue weighted by Gasteiger charge is 2.51. The Morgan fingerprint density at radius 2 is 1.71 bits per heavy atom. The standard InChI is InChI=1S/C19H32N2O3/c1-21(4-3-5-24-2)18(23)13-20-17(22)12-19-9-14-6-15(10-19)8-16(7-14)11-19/h14-16H,3-13H2,1-2H3,(H,20,22). The lowest BCUT2D eigenvalue weighted by molar-refractivity contribution is -0.135. The van der Waals surface area contributed by atoms with E-state index in [2.05, 4.69) is 5.32 Å². The van der Waals surface area contributed by atoms with Gasteiger partial charge in [-0.25, -0.2) is 0 Å². The Morgan fingerprint density at radius 3 is 2.25 bits per heavy atom. The fraction of sp³-hybridized carbons (Fsp3) is 0.895. The largest absolute Gasteiger partial charge is 0.385 e. The van der Waals surface area contributed by atoms with Gasteiger partial charge in [-0.2, -0.15) is 0 Å². The molecule has 24 heavy (non-hydrogen) atoms. The lowest BCUT2D eigenvalue weighted by Crippen LogP contribution is -2.48. The van der Waals surface area contributed by atoms with Gasteiger partial charge in [0.2, 0.25) is 11.8 Å². The zero-order chi connectivity index (χ0) is 17.2. The van der Waals surface area contributed by atoms with Gasteiger partial charge in [-0.3, -0.25) is 9.59 Å². The number of hydrogen-bond donors (Lipinski definition) is 1. The third kappa shape index (κ3) is 4.11. The van der Waals surface area contributed by atoms with Crippen molar-refractivity contribution < 1.29 is 14.3 Å². The molecule has 4 bridgehead atoms. The Bertz CT molecular complexity index is 442. The molecule has 5 nitrogen and oxygen atoms in total. The summed E-state index contributed by atoms with van der Waals surface area (Å²) in [4.78, 5) is 26.2. The maximum atomic E-state index is 12.4. The molecule has 136 valence electrons. The van der Waals surface area contributed by atoms with Crippen molar-refractivity contribution in [2.45, 2.75) is 51.4 Å². The highest BCUT2D eigenvalue weighted by atomic mass is 16.5. The first kappa shape index (κ1) is 17.7. The number of carbonyl (C=O) groups excluding carboxylic acids is 2. The number of hydrogen-bond acceptors (Lipinski definition) is 3. The van der Waals surface area contributed by atoms with E-state index in [0.29, 0.717) is 19.6 Å². The highest BCUT2D eigenvalue weighted by Crippen LogP contribution is 2.61. The minimum absolute atomic E-state index is 0.0232. The van der Waals surface area contributed by atoms with Crippen LogP contribution in [0.5, 0.6) is 0 Å². The Labute approximate surface area is 145 Å². The van der Waals surface area contributed by atoms with Crippen LogP contribution >= 0.6 is 0 Å². The lowest BCUT2D eigenvalue weighted by atomic mass is 9.49. The van der Waals surface area contributed by atoms with Crippen LogP contribution in [0.25, 0.3) is 0 Å². The smallest absolute Gasteiger partial charge is 0.241 e. The van der Waals surface area contributed by atoms with E-state index < -0.39 is 0 Å². The molecule has 0 heterocycles. The number of carbonyl (C=O) groups is 2. The second-order valence-corrected chi connectivity index (χ2v) is 8.53. The minimum Gasteiger partial charge on any atom is -0.385 e. The Kier molecular flexibility index (Phi) is 5.48. The van der Waals surface area contributed by atoms with Gasteiger partial charge in [0.1, 0.15) is 0 Å². The molecule has 0 aromatic heterocycles. The van der Waals surface area contributed by atoms with Crippen LogP contribution < -0.4 is 5.32 Å². The van der Waals surface area contributed by atoms with Gasteiger partial charge in [0.25, 0.3) is 0 Å². The summed E-state index contributed by atoms with van der Waals surface area (Å²) in [7, 11) is 3.44. The molecule has 2 amide bonds. The molecular weight excluding hydrogens is 304 g/mol. The molecule has 5 heteroatoms. The average Bonchev–Trinajstić information content (AvgIpc) is 2.51. The predicted octanol–water partition coefficient (Wildman–Crippen LogP) is 2.20. The van der Waals surface area contributed by atoms with Gasteiger partial charge in [-0.05, 0) is 68.1 Å². The van der Waals surface area contributed by atoms with Crippen LogP contribution in [0.3, 0.4) is 0 Å². The van der Waals surface area contributed by atoms with Crippen molar-refractivity contribution in [1.82, 2.24) is 10.2 Å². The monoisotopic (exact) mass is 336 g/mol. The summed E-state index contributed by atoms with van der Waals surface area (Å²) in [5.41, 5.74) is 0.242. The van der Waals surface area contributed by atoms with E-state index in [-0.39, 0.29) is 23.8 Å². The molecule has 0 spiro atoms. The Morgan fingerprint density at radius 1 is 1.12 bits per heavy atom. The van der Waals surface area contributed by atoms with Crippen LogP contribution in [0.15, 0.2) is 0 Å². The fourth-order valence-corrected chi connectivity index (χ4v) is 5.79. The molecule has 0 radical (unpaired) electrons. The third-order valence-corrected chi connectivity index (χ3v) is 6.41. The van der Waals surface area contributed by atoms with Crippen LogP contribution in [0.1, 0.15) is 51.4 Å². The minimum atomic E-state index is -0.0232. The van der Waals surface area contributed by atoms with Crippen LogP contribution in [0, 0.1) is 23.2 Å². The van der Waals surface area contributed by atoms with E-state index in [1.807, 2.05) is 0 Å². The van der Waals surface area contributed by atoms with E-state index in [1.54, 1.807) is 19.1 Å². The number of nitrogens with one attached hydrogen (secondary N) is 1. The second-order valence-electron chi connectivity index (χ2n) is 8.53. The summed E-state index contributed by atoms with van der Waals surface area (Å²) >= 11 is 0. The molecular formula is C19H32N2O3. The second kappa shape index (κ2) is 7.42. The Balaban J connectivity index is 1.42. The zero-order valence-electron chi connectivity index (χ0n) is 15.2. The molecule has 0 aromatic rings. The van der Waals surface area contributed by atoms with E-state index >= 15 is 0 Å². The average molecular weight is 336 g/mol. The zero-order valence-corrected chi connectivity index (χ0v) is 15.2. The molecule has 4 fully saturated rings. The maximum Gasteiger partial charge on any atom is 0.241 e. The van der Waals surface area contributed by atoms with Crippen molar-refractivity contribution in [2.75, 3.05) is 33.9 Å². The molecule has 0 unspecified atom stereocenters. The van der Waals surface area contributed by atoms with E-state index in [9.17, 15) is 9.59 Å². The van der Waals surface area contributed by atoms with E-state index in [1.165, 1.54) is 38.5 Å². The number of methoxy groups -OCH3 is 1. The summed E-state index contributed by atoms with van der Waals surface area (Å²) in [5.74, 6) is 2.62. The van der Waals surface area contributed by atoms with Crippen LogP contribution in [-0.4, -0.2) is 50.6 Å². The SMILES string of the molecule is COCCCN(C)C(=O)CNC(=O)CC12CC3CC(CC(C3)C1)C2. The summed E-state index contributed by atoms with van der Waals surface area (Å²) in [6.07, 6.45) is 9.33. The number of likely N-dealkylation sites (N-methyl/N-ethyl adjacent to an activating group) is 1. The van der Waals surface area contributed by atoms with Crippen molar-refractivity contribution in [1.29, 1.82) is 0 Å². The van der Waals surface area contributed by atoms with Gasteiger partial charge < -0.3 is 15.0 Å². The molecule has 4 aliphatic carbocycles. The van der Waals surface area contributed by atoms with Crippen LogP contribution in [0.2, 0.25) is 0 Å². The molecule has 1 N–H and O–H groups in total. The van der Waals surface area contributed by atoms with Gasteiger partial charge >= 0.3 is 0 Å². The van der Waals surface area contributed by atoms with Crippen molar-refractivity contribution in [2.24, 2.45) is 23.2 Å². The quantitative estimate of drug-likeness (QED) is 0.691. The molecule has 4 saturated carbocycles. The molecule has 0 aromatic carbocycles. The van der Waals surface area contributed by atoms with Gasteiger partial charge in [-0.1, -0.05) is 0 Å². The molecule has 4 rings (SSSR count). The van der Waals surface area contributed by atoms with Gasteiger partial charge in [-0.15, -0.1) is 0 Å². The van der Waals surface area contributed by atoms with Crippen LogP contribution in [-0.2, 0) is 14.3 Å². The molecule has 4 aliphatic rings. The first-order chi connectivity index (χ1) is 11.5. The highest BCUT2D eigenvalue weighted by molar-refractivity contribution is 5.84. The van der Waals surface area contributed by atoms with Crippen molar-refractivity contribution in [3.8, 4) is 0 Å². The molecule has 0 saturated heterocycles. The first-order valence-electron chi connectivity index (χ1n) is 9.49. The summed E-state index contributed by atoms with van der Waals surface area (Å²) in [5, 5.41) is 2.87. The lowest BCUT2D eigenvalue weighted by Gasteiger charge is -2.56. The number of ether oxygens (including phenoxy) is 1. The van der Waals surface area contributed by atoms with Crippen molar-refractivity contribution in [3.63, 3.8) is 0 Å². The third-order valence-electron chi connectivity index (χ3n) is 6.41. The van der Waals surface area contributed by atoms with Crippen molar-refractivity contribution >= 4 is 11.8 Å². The van der Waals surface area contributed by atoms with Gasteiger partial charge in [0.05, 0.1) is 6.54 Å². The summed E-state index contributed by atoms with van der Waals surface area (Å²) in [6.45, 7) is 1.43. The first-order valence-corrected chi connectivity index (χ1v) is 9.49. The molecule has 0 aliphatic heterocycles. The fourth-order valence-electron chi connectivity index (χ4n) is 5.79. The molecule has 0 atom stereocenters. The number of amides is 2. The van der Waals surface area contributed by atoms with Gasteiger partial charge in [0, 0.05) is 33.7 Å². The summed E-state index contributed by atoms with van der Waals surface area (Å²) in [6, 6.07) is 0. The number of rotatable bonds is 8. The van der Waals surface area contributed by atoms with E-state index in [0.717, 1.165) is 24.2 Å².